The van der Waals surface area contributed by atoms with Gasteiger partial charge in [-0.3, -0.25) is 4.72 Å². The number of aromatic nitrogens is 3. The van der Waals surface area contributed by atoms with Gasteiger partial charge in [0, 0.05) is 29.7 Å². The third-order valence-electron chi connectivity index (χ3n) is 3.68. The Balaban J connectivity index is 1.84. The van der Waals surface area contributed by atoms with Crippen molar-refractivity contribution in [1.29, 1.82) is 0 Å². The van der Waals surface area contributed by atoms with E-state index < -0.39 is 10.0 Å². The van der Waals surface area contributed by atoms with E-state index in [1.807, 2.05) is 13.8 Å². The van der Waals surface area contributed by atoms with Crippen LogP contribution in [0.5, 0.6) is 0 Å². The first-order valence-electron chi connectivity index (χ1n) is 7.27. The van der Waals surface area contributed by atoms with E-state index in [1.165, 1.54) is 6.33 Å². The van der Waals surface area contributed by atoms with E-state index in [4.69, 9.17) is 0 Å². The second-order valence-electron chi connectivity index (χ2n) is 5.41. The summed E-state index contributed by atoms with van der Waals surface area (Å²) in [6, 6.07) is 8.40. The van der Waals surface area contributed by atoms with Crippen molar-refractivity contribution in [1.82, 2.24) is 15.0 Å². The maximum Gasteiger partial charge on any atom is 0.263 e. The first-order chi connectivity index (χ1) is 11.5. The molecule has 0 spiro atoms. The molecule has 0 aliphatic rings. The first-order valence-corrected chi connectivity index (χ1v) is 8.75. The summed E-state index contributed by atoms with van der Waals surface area (Å²) < 4.78 is 27.4. The van der Waals surface area contributed by atoms with Crippen molar-refractivity contribution in [2.45, 2.75) is 18.7 Å². The number of sulfonamides is 1. The van der Waals surface area contributed by atoms with E-state index in [0.717, 1.165) is 22.3 Å². The Bertz CT molecular complexity index is 956. The number of benzene rings is 1. The fourth-order valence-electron chi connectivity index (χ4n) is 2.15. The lowest BCUT2D eigenvalue weighted by atomic mass is 10.1. The van der Waals surface area contributed by atoms with Crippen molar-refractivity contribution in [2.24, 2.45) is 0 Å². The molecule has 1 N–H and O–H groups in total. The van der Waals surface area contributed by atoms with Gasteiger partial charge in [-0.1, -0.05) is 6.07 Å². The molecule has 24 heavy (non-hydrogen) atoms. The van der Waals surface area contributed by atoms with E-state index in [2.05, 4.69) is 19.7 Å². The van der Waals surface area contributed by atoms with Crippen LogP contribution in [-0.4, -0.2) is 23.4 Å². The highest BCUT2D eigenvalue weighted by Gasteiger charge is 2.15. The second kappa shape index (κ2) is 6.37. The molecule has 1 aromatic carbocycles. The lowest BCUT2D eigenvalue weighted by Crippen LogP contribution is -2.14. The molecule has 122 valence electrons. The highest BCUT2D eigenvalue weighted by atomic mass is 32.2. The largest absolute Gasteiger partial charge is 0.263 e. The standard InChI is InChI=1S/C17H16N4O2S/c1-12-3-5-16(7-13(12)2)24(22,23)21-17-6-4-14(10-20-17)15-8-18-11-19-9-15/h3-11H,1-2H3,(H,20,21). The molecule has 0 unspecified atom stereocenters. The SMILES string of the molecule is Cc1ccc(S(=O)(=O)Nc2ccc(-c3cncnc3)cn2)cc1C. The molecular weight excluding hydrogens is 324 g/mol. The van der Waals surface area contributed by atoms with Crippen LogP contribution in [0.25, 0.3) is 11.1 Å². The minimum atomic E-state index is -3.67. The van der Waals surface area contributed by atoms with Crippen molar-refractivity contribution in [3.05, 3.63) is 66.4 Å². The summed E-state index contributed by atoms with van der Waals surface area (Å²) in [4.78, 5) is 12.3. The van der Waals surface area contributed by atoms with E-state index in [-0.39, 0.29) is 10.7 Å². The molecule has 0 atom stereocenters. The Hall–Kier alpha value is -2.80. The zero-order chi connectivity index (χ0) is 17.2. The second-order valence-corrected chi connectivity index (χ2v) is 7.09. The van der Waals surface area contributed by atoms with Crippen molar-refractivity contribution in [3.63, 3.8) is 0 Å². The van der Waals surface area contributed by atoms with Gasteiger partial charge in [-0.05, 0) is 49.2 Å². The van der Waals surface area contributed by atoms with E-state index in [1.54, 1.807) is 48.9 Å². The molecule has 2 heterocycles. The maximum absolute atomic E-state index is 12.4. The van der Waals surface area contributed by atoms with Crippen LogP contribution >= 0.6 is 0 Å². The molecule has 0 bridgehead atoms. The summed E-state index contributed by atoms with van der Waals surface area (Å²) in [5.41, 5.74) is 3.59. The normalized spacial score (nSPS) is 11.2. The smallest absolute Gasteiger partial charge is 0.263 e. The molecule has 6 nitrogen and oxygen atoms in total. The van der Waals surface area contributed by atoms with Gasteiger partial charge in [0.2, 0.25) is 0 Å². The quantitative estimate of drug-likeness (QED) is 0.789. The number of hydrogen-bond donors (Lipinski definition) is 1. The predicted octanol–water partition coefficient (Wildman–Crippen LogP) is 2.96. The molecule has 0 aliphatic carbocycles. The van der Waals surface area contributed by atoms with Crippen molar-refractivity contribution >= 4 is 15.8 Å². The Kier molecular flexibility index (Phi) is 4.26. The predicted molar refractivity (Wildman–Crippen MR) is 92.0 cm³/mol. The number of anilines is 1. The third kappa shape index (κ3) is 3.41. The summed E-state index contributed by atoms with van der Waals surface area (Å²) in [7, 11) is -3.67. The zero-order valence-corrected chi connectivity index (χ0v) is 14.1. The van der Waals surface area contributed by atoms with E-state index in [9.17, 15) is 8.42 Å². The summed E-state index contributed by atoms with van der Waals surface area (Å²) >= 11 is 0. The van der Waals surface area contributed by atoms with Gasteiger partial charge >= 0.3 is 0 Å². The molecule has 0 aliphatic heterocycles. The minimum Gasteiger partial charge on any atom is -0.263 e. The van der Waals surface area contributed by atoms with Crippen LogP contribution < -0.4 is 4.72 Å². The molecule has 2 aromatic heterocycles. The van der Waals surface area contributed by atoms with Crippen molar-refractivity contribution < 1.29 is 8.42 Å². The zero-order valence-electron chi connectivity index (χ0n) is 13.3. The molecule has 0 saturated heterocycles. The number of pyridine rings is 1. The van der Waals surface area contributed by atoms with Gasteiger partial charge in [-0.25, -0.2) is 23.4 Å². The Labute approximate surface area is 140 Å². The molecular formula is C17H16N4O2S. The third-order valence-corrected chi connectivity index (χ3v) is 5.04. The fourth-order valence-corrected chi connectivity index (χ4v) is 3.24. The van der Waals surface area contributed by atoms with Crippen LogP contribution in [0, 0.1) is 13.8 Å². The van der Waals surface area contributed by atoms with Crippen molar-refractivity contribution in [2.75, 3.05) is 4.72 Å². The molecule has 3 rings (SSSR count). The highest BCUT2D eigenvalue weighted by Crippen LogP contribution is 2.20. The minimum absolute atomic E-state index is 0.216. The lowest BCUT2D eigenvalue weighted by molar-refractivity contribution is 0.601. The van der Waals surface area contributed by atoms with Crippen LogP contribution in [0.3, 0.4) is 0 Å². The maximum atomic E-state index is 12.4. The van der Waals surface area contributed by atoms with Crippen LogP contribution in [0.4, 0.5) is 5.82 Å². The summed E-state index contributed by atoms with van der Waals surface area (Å²) in [5, 5.41) is 0. The summed E-state index contributed by atoms with van der Waals surface area (Å²) in [6.07, 6.45) is 6.37. The van der Waals surface area contributed by atoms with Gasteiger partial charge in [-0.15, -0.1) is 0 Å². The Morgan fingerprint density at radius 1 is 0.875 bits per heavy atom. The van der Waals surface area contributed by atoms with Crippen LogP contribution in [0.2, 0.25) is 0 Å². The van der Waals surface area contributed by atoms with Gasteiger partial charge in [0.15, 0.2) is 0 Å². The molecule has 0 saturated carbocycles. The molecule has 0 amide bonds. The molecule has 3 aromatic rings. The summed E-state index contributed by atoms with van der Waals surface area (Å²) in [5.74, 6) is 0.258. The fraction of sp³-hybridized carbons (Fsp3) is 0.118. The number of hydrogen-bond acceptors (Lipinski definition) is 5. The van der Waals surface area contributed by atoms with Gasteiger partial charge in [0.1, 0.15) is 12.1 Å². The topological polar surface area (TPSA) is 84.8 Å². The first kappa shape index (κ1) is 16.1. The van der Waals surface area contributed by atoms with E-state index >= 15 is 0 Å². The number of aryl methyl sites for hydroxylation is 2. The van der Waals surface area contributed by atoms with Gasteiger partial charge in [0.25, 0.3) is 10.0 Å². The van der Waals surface area contributed by atoms with Crippen LogP contribution in [0.15, 0.2) is 60.1 Å². The summed E-state index contributed by atoms with van der Waals surface area (Å²) in [6.45, 7) is 3.82. The van der Waals surface area contributed by atoms with Gasteiger partial charge in [-0.2, -0.15) is 0 Å². The molecule has 0 radical (unpaired) electrons. The van der Waals surface area contributed by atoms with Crippen LogP contribution in [-0.2, 0) is 10.0 Å². The number of rotatable bonds is 4. The Morgan fingerprint density at radius 3 is 2.25 bits per heavy atom. The molecule has 7 heteroatoms. The number of nitrogens with one attached hydrogen (secondary N) is 1. The number of nitrogens with zero attached hydrogens (tertiary/aromatic N) is 3. The average molecular weight is 340 g/mol. The monoisotopic (exact) mass is 340 g/mol. The lowest BCUT2D eigenvalue weighted by Gasteiger charge is -2.09. The van der Waals surface area contributed by atoms with E-state index in [0.29, 0.717) is 0 Å². The highest BCUT2D eigenvalue weighted by molar-refractivity contribution is 7.92. The van der Waals surface area contributed by atoms with Gasteiger partial charge < -0.3 is 0 Å². The molecule has 0 fully saturated rings. The Morgan fingerprint density at radius 2 is 1.62 bits per heavy atom. The average Bonchev–Trinajstić information content (AvgIpc) is 2.58. The van der Waals surface area contributed by atoms with Crippen LogP contribution in [0.1, 0.15) is 11.1 Å². The van der Waals surface area contributed by atoms with Crippen molar-refractivity contribution in [3.8, 4) is 11.1 Å². The van der Waals surface area contributed by atoms with Gasteiger partial charge in [0.05, 0.1) is 4.90 Å².